The maximum absolute atomic E-state index is 13.7. The summed E-state index contributed by atoms with van der Waals surface area (Å²) in [4.78, 5) is 26.0. The number of cyclic esters (lactones) is 1. The normalized spacial score (nSPS) is 15.3. The smallest absolute Gasteiger partial charge is 0.363 e. The predicted octanol–water partition coefficient (Wildman–Crippen LogP) is 3.73. The number of carbonyl (C=O) groups is 1. The highest BCUT2D eigenvalue weighted by Crippen LogP contribution is 2.27. The third-order valence-electron chi connectivity index (χ3n) is 3.20. The zero-order valence-corrected chi connectivity index (χ0v) is 12.7. The molecule has 1 aliphatic rings. The highest BCUT2D eigenvalue weighted by atomic mass is 35.5. The lowest BCUT2D eigenvalue weighted by atomic mass is 10.2. The number of benzene rings is 2. The van der Waals surface area contributed by atoms with Gasteiger partial charge in [-0.3, -0.25) is 10.1 Å². The van der Waals surface area contributed by atoms with Crippen LogP contribution in [0.4, 0.5) is 10.1 Å². The Bertz CT molecular complexity index is 924. The SMILES string of the molecule is O=C1OC(c2ccccc2F)=N/C1=C\c1ccc([N+](=O)[O-])c(Cl)c1. The van der Waals surface area contributed by atoms with Gasteiger partial charge in [0.25, 0.3) is 5.69 Å². The third kappa shape index (κ3) is 3.02. The molecule has 0 saturated carbocycles. The van der Waals surface area contributed by atoms with Gasteiger partial charge in [-0.15, -0.1) is 0 Å². The summed E-state index contributed by atoms with van der Waals surface area (Å²) in [5.74, 6) is -1.45. The Balaban J connectivity index is 1.96. The van der Waals surface area contributed by atoms with Crippen LogP contribution in [0, 0.1) is 15.9 Å². The molecule has 24 heavy (non-hydrogen) atoms. The number of hydrogen-bond acceptors (Lipinski definition) is 5. The summed E-state index contributed by atoms with van der Waals surface area (Å²) in [6.45, 7) is 0. The van der Waals surface area contributed by atoms with Gasteiger partial charge in [-0.25, -0.2) is 14.2 Å². The molecule has 1 aliphatic heterocycles. The molecule has 0 bridgehead atoms. The number of halogens is 2. The van der Waals surface area contributed by atoms with Gasteiger partial charge in [-0.05, 0) is 35.9 Å². The standard InChI is InChI=1S/C16H8ClFN2O4/c17-11-7-9(5-6-14(11)20(22)23)8-13-16(21)24-15(19-13)10-3-1-2-4-12(10)18/h1-8H/b13-8-. The number of rotatable bonds is 3. The average Bonchev–Trinajstić information content (AvgIpc) is 2.88. The molecule has 0 atom stereocenters. The van der Waals surface area contributed by atoms with E-state index in [1.165, 1.54) is 42.5 Å². The summed E-state index contributed by atoms with van der Waals surface area (Å²) in [6, 6.07) is 9.73. The van der Waals surface area contributed by atoms with Crippen molar-refractivity contribution in [1.29, 1.82) is 0 Å². The van der Waals surface area contributed by atoms with E-state index in [-0.39, 0.29) is 27.9 Å². The van der Waals surface area contributed by atoms with Crippen molar-refractivity contribution < 1.29 is 18.8 Å². The lowest BCUT2D eigenvalue weighted by Crippen LogP contribution is -2.07. The topological polar surface area (TPSA) is 81.8 Å². The highest BCUT2D eigenvalue weighted by molar-refractivity contribution is 6.32. The molecule has 0 amide bonds. The molecule has 6 nitrogen and oxygen atoms in total. The fourth-order valence-corrected chi connectivity index (χ4v) is 2.34. The molecule has 0 N–H and O–H groups in total. The lowest BCUT2D eigenvalue weighted by molar-refractivity contribution is -0.384. The predicted molar refractivity (Wildman–Crippen MR) is 85.1 cm³/mol. The van der Waals surface area contributed by atoms with Gasteiger partial charge in [0.05, 0.1) is 10.5 Å². The maximum atomic E-state index is 13.7. The van der Waals surface area contributed by atoms with Crippen molar-refractivity contribution in [3.63, 3.8) is 0 Å². The first-order chi connectivity index (χ1) is 11.5. The maximum Gasteiger partial charge on any atom is 0.363 e. The van der Waals surface area contributed by atoms with Gasteiger partial charge < -0.3 is 4.74 Å². The van der Waals surface area contributed by atoms with Crippen LogP contribution in [-0.2, 0) is 9.53 Å². The van der Waals surface area contributed by atoms with Gasteiger partial charge in [0.15, 0.2) is 5.70 Å². The van der Waals surface area contributed by atoms with Gasteiger partial charge in [-0.1, -0.05) is 23.7 Å². The quantitative estimate of drug-likeness (QED) is 0.367. The van der Waals surface area contributed by atoms with E-state index in [9.17, 15) is 19.3 Å². The van der Waals surface area contributed by atoms with Crippen molar-refractivity contribution in [3.05, 3.63) is 80.2 Å². The molecule has 2 aromatic carbocycles. The van der Waals surface area contributed by atoms with Crippen molar-refractivity contribution in [2.75, 3.05) is 0 Å². The molecule has 3 rings (SSSR count). The monoisotopic (exact) mass is 346 g/mol. The van der Waals surface area contributed by atoms with Crippen LogP contribution in [0.2, 0.25) is 5.02 Å². The van der Waals surface area contributed by atoms with Gasteiger partial charge in [0.1, 0.15) is 10.8 Å². The molecule has 0 aromatic heterocycles. The number of hydrogen-bond donors (Lipinski definition) is 0. The molecule has 0 radical (unpaired) electrons. The second kappa shape index (κ2) is 6.21. The van der Waals surface area contributed by atoms with Crippen molar-refractivity contribution in [1.82, 2.24) is 0 Å². The summed E-state index contributed by atoms with van der Waals surface area (Å²) in [6.07, 6.45) is 1.35. The number of nitrogens with zero attached hydrogens (tertiary/aromatic N) is 2. The van der Waals surface area contributed by atoms with E-state index in [0.29, 0.717) is 5.56 Å². The van der Waals surface area contributed by atoms with E-state index in [2.05, 4.69) is 4.99 Å². The summed E-state index contributed by atoms with van der Waals surface area (Å²) >= 11 is 5.82. The largest absolute Gasteiger partial charge is 0.402 e. The number of nitro benzene ring substituents is 1. The number of nitro groups is 1. The zero-order valence-electron chi connectivity index (χ0n) is 11.9. The summed E-state index contributed by atoms with van der Waals surface area (Å²) in [7, 11) is 0. The molecular weight excluding hydrogens is 339 g/mol. The molecule has 0 saturated heterocycles. The summed E-state index contributed by atoms with van der Waals surface area (Å²) in [5, 5.41) is 10.7. The number of carbonyl (C=O) groups excluding carboxylic acids is 1. The minimum Gasteiger partial charge on any atom is -0.402 e. The first-order valence-electron chi connectivity index (χ1n) is 6.67. The Morgan fingerprint density at radius 3 is 2.67 bits per heavy atom. The minimum atomic E-state index is -0.747. The van der Waals surface area contributed by atoms with Crippen LogP contribution in [0.25, 0.3) is 6.08 Å². The van der Waals surface area contributed by atoms with E-state index in [1.54, 1.807) is 6.07 Å². The molecule has 8 heteroatoms. The van der Waals surface area contributed by atoms with Crippen molar-refractivity contribution in [2.45, 2.75) is 0 Å². The van der Waals surface area contributed by atoms with E-state index >= 15 is 0 Å². The lowest BCUT2D eigenvalue weighted by Gasteiger charge is -1.99. The van der Waals surface area contributed by atoms with Crippen LogP contribution in [0.3, 0.4) is 0 Å². The Morgan fingerprint density at radius 2 is 2.00 bits per heavy atom. The number of ether oxygens (including phenoxy) is 1. The van der Waals surface area contributed by atoms with Gasteiger partial charge >= 0.3 is 5.97 Å². The minimum absolute atomic E-state index is 0.0572. The van der Waals surface area contributed by atoms with Gasteiger partial charge in [0.2, 0.25) is 5.90 Å². The van der Waals surface area contributed by atoms with Gasteiger partial charge in [0, 0.05) is 6.07 Å². The molecular formula is C16H8ClFN2O4. The van der Waals surface area contributed by atoms with Crippen LogP contribution in [0.5, 0.6) is 0 Å². The van der Waals surface area contributed by atoms with E-state index in [4.69, 9.17) is 16.3 Å². The van der Waals surface area contributed by atoms with Crippen LogP contribution in [-0.4, -0.2) is 16.8 Å². The molecule has 0 unspecified atom stereocenters. The van der Waals surface area contributed by atoms with Crippen molar-refractivity contribution >= 4 is 35.2 Å². The summed E-state index contributed by atoms with van der Waals surface area (Å²) < 4.78 is 18.7. The van der Waals surface area contributed by atoms with Gasteiger partial charge in [-0.2, -0.15) is 0 Å². The second-order valence-corrected chi connectivity index (χ2v) is 5.19. The molecule has 0 fully saturated rings. The third-order valence-corrected chi connectivity index (χ3v) is 3.50. The first-order valence-corrected chi connectivity index (χ1v) is 7.05. The van der Waals surface area contributed by atoms with Crippen LogP contribution < -0.4 is 0 Å². The molecule has 2 aromatic rings. The number of esters is 1. The Labute approximate surface area is 140 Å². The van der Waals surface area contributed by atoms with E-state index in [1.807, 2.05) is 0 Å². The van der Waals surface area contributed by atoms with Crippen molar-refractivity contribution in [2.24, 2.45) is 4.99 Å². The number of aliphatic imine (C=N–C) groups is 1. The summed E-state index contributed by atoms with van der Waals surface area (Å²) in [5.41, 5.74) is 0.189. The first kappa shape index (κ1) is 15.8. The molecule has 1 heterocycles. The van der Waals surface area contributed by atoms with Crippen molar-refractivity contribution in [3.8, 4) is 0 Å². The van der Waals surface area contributed by atoms with Crippen LogP contribution >= 0.6 is 11.6 Å². The fraction of sp³-hybridized carbons (Fsp3) is 0. The van der Waals surface area contributed by atoms with Crippen LogP contribution in [0.1, 0.15) is 11.1 Å². The second-order valence-electron chi connectivity index (χ2n) is 4.78. The fourth-order valence-electron chi connectivity index (χ4n) is 2.08. The van der Waals surface area contributed by atoms with E-state index < -0.39 is 16.7 Å². The zero-order chi connectivity index (χ0) is 17.3. The molecule has 0 spiro atoms. The van der Waals surface area contributed by atoms with E-state index in [0.717, 1.165) is 0 Å². The Morgan fingerprint density at radius 1 is 1.25 bits per heavy atom. The molecule has 0 aliphatic carbocycles. The Hall–Kier alpha value is -3.06. The highest BCUT2D eigenvalue weighted by Gasteiger charge is 2.26. The van der Waals surface area contributed by atoms with Crippen LogP contribution in [0.15, 0.2) is 53.2 Å². The average molecular weight is 347 g/mol. The molecule has 120 valence electrons. The Kier molecular flexibility index (Phi) is 4.09.